The molecule has 4 heterocycles. The van der Waals surface area contributed by atoms with Crippen LogP contribution < -0.4 is 0 Å². The SMILES string of the molecule is C1=CC(c2ccc3sc4c5cc6cc7sc8c9ccccc9sc8c7cc6cc5sc4c3c2)=CCC1. The summed E-state index contributed by atoms with van der Waals surface area (Å²) in [5.74, 6) is 0. The van der Waals surface area contributed by atoms with E-state index in [4.69, 9.17) is 0 Å². The zero-order chi connectivity index (χ0) is 23.4. The van der Waals surface area contributed by atoms with Gasteiger partial charge in [-0.25, -0.2) is 0 Å². The lowest BCUT2D eigenvalue weighted by molar-refractivity contribution is 1.04. The number of hydrogen-bond acceptors (Lipinski definition) is 4. The minimum atomic E-state index is 1.14. The van der Waals surface area contributed by atoms with Crippen molar-refractivity contribution in [2.75, 3.05) is 0 Å². The standard InChI is InChI=1S/C32H18S4/c1-2-6-17(7-3-1)18-10-11-26-22(12-18)30-32(34-26)24-14-20-15-27-23(13-19(20)16-28(24)36-30)31-29(35-27)21-8-4-5-9-25(21)33-31/h2,4-16H,1,3H2. The quantitative estimate of drug-likeness (QED) is 0.198. The predicted octanol–water partition coefficient (Wildman–Crippen LogP) is 11.7. The molecule has 0 aliphatic heterocycles. The predicted molar refractivity (Wildman–Crippen MR) is 167 cm³/mol. The maximum Gasteiger partial charge on any atom is 0.0542 e. The van der Waals surface area contributed by atoms with Gasteiger partial charge < -0.3 is 0 Å². The molecule has 0 N–H and O–H groups in total. The molecule has 0 nitrogen and oxygen atoms in total. The van der Waals surface area contributed by atoms with E-state index in [2.05, 4.69) is 85.0 Å². The third kappa shape index (κ3) is 2.73. The van der Waals surface area contributed by atoms with Gasteiger partial charge in [0.2, 0.25) is 0 Å². The second-order valence-corrected chi connectivity index (χ2v) is 13.8. The van der Waals surface area contributed by atoms with E-state index in [0.29, 0.717) is 0 Å². The first-order valence-electron chi connectivity index (χ1n) is 12.2. The van der Waals surface area contributed by atoms with Gasteiger partial charge in [0, 0.05) is 40.3 Å². The van der Waals surface area contributed by atoms with Gasteiger partial charge in [-0.1, -0.05) is 42.5 Å². The third-order valence-electron chi connectivity index (χ3n) is 7.47. The molecule has 0 spiro atoms. The molecule has 8 aromatic rings. The van der Waals surface area contributed by atoms with Crippen molar-refractivity contribution in [3.8, 4) is 0 Å². The van der Waals surface area contributed by atoms with Crippen molar-refractivity contribution in [1.82, 2.24) is 0 Å². The summed E-state index contributed by atoms with van der Waals surface area (Å²) in [5.41, 5.74) is 2.70. The summed E-state index contributed by atoms with van der Waals surface area (Å²) in [6, 6.07) is 25.6. The third-order valence-corrected chi connectivity index (χ3v) is 12.5. The minimum Gasteiger partial charge on any atom is -0.134 e. The fourth-order valence-corrected chi connectivity index (χ4v) is 11.0. The second kappa shape index (κ2) is 7.27. The Labute approximate surface area is 223 Å². The van der Waals surface area contributed by atoms with Gasteiger partial charge in [0.15, 0.2) is 0 Å². The number of allylic oxidation sites excluding steroid dienone is 4. The number of benzene rings is 4. The van der Waals surface area contributed by atoms with E-state index in [9.17, 15) is 0 Å². The maximum absolute atomic E-state index is 2.44. The molecule has 0 unspecified atom stereocenters. The summed E-state index contributed by atoms with van der Waals surface area (Å²) in [6.07, 6.45) is 9.26. The second-order valence-electron chi connectivity index (χ2n) is 9.61. The average Bonchev–Trinajstić information content (AvgIpc) is 3.64. The number of fused-ring (bicyclic) bond motifs is 11. The Morgan fingerprint density at radius 1 is 0.500 bits per heavy atom. The largest absolute Gasteiger partial charge is 0.134 e. The normalized spacial score (nSPS) is 14.5. The Bertz CT molecular complexity index is 2260. The molecule has 0 amide bonds. The highest BCUT2D eigenvalue weighted by Gasteiger charge is 2.16. The molecule has 36 heavy (non-hydrogen) atoms. The molecule has 170 valence electrons. The smallest absolute Gasteiger partial charge is 0.0542 e. The molecule has 4 aromatic heterocycles. The zero-order valence-corrected chi connectivity index (χ0v) is 22.4. The highest BCUT2D eigenvalue weighted by atomic mass is 32.1. The molecule has 0 fully saturated rings. The Morgan fingerprint density at radius 3 is 1.81 bits per heavy atom. The van der Waals surface area contributed by atoms with Gasteiger partial charge in [-0.3, -0.25) is 0 Å². The highest BCUT2D eigenvalue weighted by molar-refractivity contribution is 7.37. The molecule has 0 bridgehead atoms. The fraction of sp³-hybridized carbons (Fsp3) is 0.0625. The van der Waals surface area contributed by atoms with Gasteiger partial charge in [-0.2, -0.15) is 0 Å². The molecule has 4 aromatic carbocycles. The summed E-state index contributed by atoms with van der Waals surface area (Å²) in [4.78, 5) is 0. The van der Waals surface area contributed by atoms with Crippen LogP contribution in [0, 0.1) is 0 Å². The van der Waals surface area contributed by atoms with E-state index in [1.165, 1.54) is 81.1 Å². The van der Waals surface area contributed by atoms with E-state index >= 15 is 0 Å². The van der Waals surface area contributed by atoms with Gasteiger partial charge >= 0.3 is 0 Å². The summed E-state index contributed by atoms with van der Waals surface area (Å²) in [6.45, 7) is 0. The van der Waals surface area contributed by atoms with Crippen LogP contribution in [0.25, 0.3) is 75.5 Å². The molecule has 0 saturated carbocycles. The van der Waals surface area contributed by atoms with Crippen molar-refractivity contribution >= 4 is 121 Å². The first-order valence-corrected chi connectivity index (χ1v) is 15.5. The Hall–Kier alpha value is -3.02. The molecule has 0 atom stereocenters. The zero-order valence-electron chi connectivity index (χ0n) is 19.1. The van der Waals surface area contributed by atoms with Gasteiger partial charge in [-0.15, -0.1) is 45.3 Å². The molecule has 0 saturated heterocycles. The van der Waals surface area contributed by atoms with Crippen LogP contribution in [-0.4, -0.2) is 0 Å². The molecular weight excluding hydrogens is 513 g/mol. The average molecular weight is 531 g/mol. The van der Waals surface area contributed by atoms with Crippen molar-refractivity contribution in [2.24, 2.45) is 0 Å². The Morgan fingerprint density at radius 2 is 1.11 bits per heavy atom. The van der Waals surface area contributed by atoms with E-state index in [1.807, 2.05) is 45.3 Å². The van der Waals surface area contributed by atoms with Crippen molar-refractivity contribution < 1.29 is 0 Å². The molecule has 1 aliphatic rings. The molecule has 9 rings (SSSR count). The van der Waals surface area contributed by atoms with Crippen molar-refractivity contribution in [3.63, 3.8) is 0 Å². The lowest BCUT2D eigenvalue weighted by Gasteiger charge is -2.07. The summed E-state index contributed by atoms with van der Waals surface area (Å²) < 4.78 is 11.3. The lowest BCUT2D eigenvalue weighted by atomic mass is 9.99. The number of rotatable bonds is 1. The Kier molecular flexibility index (Phi) is 4.06. The molecule has 0 radical (unpaired) electrons. The first kappa shape index (κ1) is 20.1. The van der Waals surface area contributed by atoms with E-state index in [-0.39, 0.29) is 0 Å². The van der Waals surface area contributed by atoms with Crippen LogP contribution >= 0.6 is 45.3 Å². The summed E-state index contributed by atoms with van der Waals surface area (Å²) in [7, 11) is 0. The summed E-state index contributed by atoms with van der Waals surface area (Å²) in [5, 5.41) is 8.32. The molecule has 1 aliphatic carbocycles. The number of thiophene rings is 4. The van der Waals surface area contributed by atoms with Gasteiger partial charge in [-0.05, 0) is 77.2 Å². The van der Waals surface area contributed by atoms with Crippen molar-refractivity contribution in [2.45, 2.75) is 12.8 Å². The highest BCUT2D eigenvalue weighted by Crippen LogP contribution is 2.48. The van der Waals surface area contributed by atoms with Crippen LogP contribution in [0.2, 0.25) is 0 Å². The van der Waals surface area contributed by atoms with Crippen molar-refractivity contribution in [1.29, 1.82) is 0 Å². The van der Waals surface area contributed by atoms with Gasteiger partial charge in [0.05, 0.1) is 18.8 Å². The minimum absolute atomic E-state index is 1.14. The number of hydrogen-bond donors (Lipinski definition) is 0. The van der Waals surface area contributed by atoms with Gasteiger partial charge in [0.25, 0.3) is 0 Å². The van der Waals surface area contributed by atoms with E-state index < -0.39 is 0 Å². The monoisotopic (exact) mass is 530 g/mol. The van der Waals surface area contributed by atoms with Crippen molar-refractivity contribution in [3.05, 3.63) is 90.5 Å². The van der Waals surface area contributed by atoms with E-state index in [1.54, 1.807) is 0 Å². The Balaban J connectivity index is 1.29. The maximum atomic E-state index is 2.44. The molecular formula is C32H18S4. The van der Waals surface area contributed by atoms with Crippen LogP contribution in [0.3, 0.4) is 0 Å². The fourth-order valence-electron chi connectivity index (χ4n) is 5.71. The molecule has 4 heteroatoms. The summed E-state index contributed by atoms with van der Waals surface area (Å²) >= 11 is 7.79. The lowest BCUT2D eigenvalue weighted by Crippen LogP contribution is -1.85. The van der Waals surface area contributed by atoms with Crippen LogP contribution in [0.1, 0.15) is 18.4 Å². The topological polar surface area (TPSA) is 0 Å². The van der Waals surface area contributed by atoms with Crippen LogP contribution in [0.4, 0.5) is 0 Å². The van der Waals surface area contributed by atoms with Crippen LogP contribution in [0.5, 0.6) is 0 Å². The van der Waals surface area contributed by atoms with Crippen LogP contribution in [0.15, 0.2) is 85.0 Å². The van der Waals surface area contributed by atoms with Crippen LogP contribution in [-0.2, 0) is 0 Å². The first-order chi connectivity index (χ1) is 17.8. The van der Waals surface area contributed by atoms with E-state index in [0.717, 1.165) is 12.8 Å². The van der Waals surface area contributed by atoms with Gasteiger partial charge in [0.1, 0.15) is 0 Å².